The summed E-state index contributed by atoms with van der Waals surface area (Å²) in [6.07, 6.45) is 3.37. The lowest BCUT2D eigenvalue weighted by molar-refractivity contribution is 0.0606. The summed E-state index contributed by atoms with van der Waals surface area (Å²) in [7, 11) is 1.62. The minimum atomic E-state index is -0.339. The number of benzene rings is 2. The van der Waals surface area contributed by atoms with Crippen molar-refractivity contribution < 1.29 is 9.53 Å². The molecule has 0 aliphatic carbocycles. The fourth-order valence-electron chi connectivity index (χ4n) is 3.67. The van der Waals surface area contributed by atoms with Gasteiger partial charge in [-0.15, -0.1) is 0 Å². The van der Waals surface area contributed by atoms with E-state index in [-0.39, 0.29) is 11.9 Å². The third-order valence-electron chi connectivity index (χ3n) is 5.37. The Balaban J connectivity index is 1.39. The third kappa shape index (κ3) is 4.04. The molecule has 152 valence electrons. The van der Waals surface area contributed by atoms with E-state index in [0.29, 0.717) is 31.7 Å². The maximum Gasteiger partial charge on any atom is 0.257 e. The average Bonchev–Trinajstić information content (AvgIpc) is 3.31. The van der Waals surface area contributed by atoms with Crippen LogP contribution in [0.25, 0.3) is 5.69 Å². The second-order valence-corrected chi connectivity index (χ2v) is 7.14. The Morgan fingerprint density at radius 1 is 1.07 bits per heavy atom. The van der Waals surface area contributed by atoms with Crippen molar-refractivity contribution in [2.45, 2.75) is 6.04 Å². The van der Waals surface area contributed by atoms with E-state index in [1.807, 2.05) is 59.5 Å². The smallest absolute Gasteiger partial charge is 0.257 e. The van der Waals surface area contributed by atoms with Crippen LogP contribution in [0, 0.1) is 11.3 Å². The highest BCUT2D eigenvalue weighted by atomic mass is 16.5. The van der Waals surface area contributed by atoms with E-state index in [1.165, 1.54) is 0 Å². The van der Waals surface area contributed by atoms with Gasteiger partial charge in [0, 0.05) is 32.4 Å². The molecule has 4 rings (SSSR count). The molecule has 2 aromatic carbocycles. The summed E-state index contributed by atoms with van der Waals surface area (Å²) in [5.41, 5.74) is 2.42. The van der Waals surface area contributed by atoms with E-state index in [1.54, 1.807) is 24.2 Å². The van der Waals surface area contributed by atoms with Gasteiger partial charge in [0.15, 0.2) is 0 Å². The summed E-state index contributed by atoms with van der Waals surface area (Å²) in [5, 5.41) is 14.0. The van der Waals surface area contributed by atoms with E-state index < -0.39 is 0 Å². The van der Waals surface area contributed by atoms with E-state index in [9.17, 15) is 10.1 Å². The van der Waals surface area contributed by atoms with Crippen LogP contribution in [0.15, 0.2) is 67.0 Å². The number of methoxy groups -OCH3 is 1. The maximum atomic E-state index is 12.9. The Morgan fingerprint density at radius 3 is 2.40 bits per heavy atom. The number of nitriles is 1. The first-order chi connectivity index (χ1) is 14.7. The topological polar surface area (TPSA) is 74.4 Å². The lowest BCUT2D eigenvalue weighted by atomic mass is 10.1. The predicted molar refractivity (Wildman–Crippen MR) is 112 cm³/mol. The molecule has 1 fully saturated rings. The van der Waals surface area contributed by atoms with Gasteiger partial charge < -0.3 is 9.64 Å². The van der Waals surface area contributed by atoms with Crippen molar-refractivity contribution in [1.29, 1.82) is 5.26 Å². The summed E-state index contributed by atoms with van der Waals surface area (Å²) in [4.78, 5) is 16.8. The molecule has 0 spiro atoms. The van der Waals surface area contributed by atoms with Gasteiger partial charge in [0.2, 0.25) is 0 Å². The number of hydrogen-bond acceptors (Lipinski definition) is 5. The van der Waals surface area contributed by atoms with Crippen molar-refractivity contribution in [2.24, 2.45) is 0 Å². The molecule has 1 saturated heterocycles. The number of aromatic nitrogens is 2. The van der Waals surface area contributed by atoms with Crippen molar-refractivity contribution >= 4 is 5.91 Å². The maximum absolute atomic E-state index is 12.9. The largest absolute Gasteiger partial charge is 0.497 e. The second kappa shape index (κ2) is 8.80. The van der Waals surface area contributed by atoms with Gasteiger partial charge in [-0.3, -0.25) is 9.69 Å². The summed E-state index contributed by atoms with van der Waals surface area (Å²) in [5.74, 6) is 0.733. The number of para-hydroxylation sites is 1. The van der Waals surface area contributed by atoms with Crippen LogP contribution >= 0.6 is 0 Å². The zero-order valence-corrected chi connectivity index (χ0v) is 16.8. The summed E-state index contributed by atoms with van der Waals surface area (Å²) < 4.78 is 6.90. The molecule has 2 heterocycles. The molecule has 3 aromatic rings. The molecular formula is C23H23N5O2. The molecule has 0 saturated carbocycles. The normalized spacial score (nSPS) is 15.4. The molecule has 1 atom stereocenters. The van der Waals surface area contributed by atoms with Gasteiger partial charge >= 0.3 is 0 Å². The molecule has 30 heavy (non-hydrogen) atoms. The van der Waals surface area contributed by atoms with Crippen LogP contribution in [-0.4, -0.2) is 58.8 Å². The van der Waals surface area contributed by atoms with Crippen LogP contribution < -0.4 is 4.74 Å². The van der Waals surface area contributed by atoms with E-state index in [2.05, 4.69) is 16.1 Å². The number of nitrogens with zero attached hydrogens (tertiary/aromatic N) is 5. The second-order valence-electron chi connectivity index (χ2n) is 7.14. The highest BCUT2D eigenvalue weighted by Gasteiger charge is 2.28. The number of amides is 1. The summed E-state index contributed by atoms with van der Waals surface area (Å²) in [6.45, 7) is 2.43. The molecule has 0 N–H and O–H groups in total. The highest BCUT2D eigenvalue weighted by Crippen LogP contribution is 2.24. The van der Waals surface area contributed by atoms with E-state index in [0.717, 1.165) is 17.0 Å². The van der Waals surface area contributed by atoms with Crippen molar-refractivity contribution in [3.8, 4) is 17.5 Å². The summed E-state index contributed by atoms with van der Waals surface area (Å²) >= 11 is 0. The van der Waals surface area contributed by atoms with E-state index in [4.69, 9.17) is 4.74 Å². The standard InChI is InChI=1S/C23H23N5O2/c1-30-21-9-7-18(8-10-21)22(15-24)26-11-13-27(14-12-26)23(29)19-16-25-28(17-19)20-5-3-2-4-6-20/h2-10,16-17,22H,11-14H2,1H3. The number of carbonyl (C=O) groups is 1. The zero-order chi connectivity index (χ0) is 20.9. The average molecular weight is 401 g/mol. The first kappa shape index (κ1) is 19.7. The Labute approximate surface area is 175 Å². The number of carbonyl (C=O) groups excluding carboxylic acids is 1. The molecule has 0 radical (unpaired) electrons. The molecule has 1 amide bonds. The highest BCUT2D eigenvalue weighted by molar-refractivity contribution is 5.93. The van der Waals surface area contributed by atoms with Crippen LogP contribution in [0.3, 0.4) is 0 Å². The van der Waals surface area contributed by atoms with Gasteiger partial charge in [0.1, 0.15) is 11.8 Å². The van der Waals surface area contributed by atoms with Crippen molar-refractivity contribution in [1.82, 2.24) is 19.6 Å². The fraction of sp³-hybridized carbons (Fsp3) is 0.261. The lowest BCUT2D eigenvalue weighted by Crippen LogP contribution is -2.49. The van der Waals surface area contributed by atoms with Gasteiger partial charge in [-0.25, -0.2) is 4.68 Å². The van der Waals surface area contributed by atoms with Crippen LogP contribution in [0.2, 0.25) is 0 Å². The Kier molecular flexibility index (Phi) is 5.77. The van der Waals surface area contributed by atoms with Gasteiger partial charge in [0.05, 0.1) is 30.6 Å². The number of rotatable bonds is 5. The number of hydrogen-bond donors (Lipinski definition) is 0. The van der Waals surface area contributed by atoms with Gasteiger partial charge in [-0.05, 0) is 29.8 Å². The predicted octanol–water partition coefficient (Wildman–Crippen LogP) is 2.90. The molecule has 1 aliphatic rings. The molecule has 7 nitrogen and oxygen atoms in total. The number of piperazine rings is 1. The van der Waals surface area contributed by atoms with Crippen LogP contribution in [0.5, 0.6) is 5.75 Å². The zero-order valence-electron chi connectivity index (χ0n) is 16.8. The molecule has 0 bridgehead atoms. The van der Waals surface area contributed by atoms with Gasteiger partial charge in [0.25, 0.3) is 5.91 Å². The fourth-order valence-corrected chi connectivity index (χ4v) is 3.67. The summed E-state index contributed by atoms with van der Waals surface area (Å²) in [6, 6.07) is 19.3. The lowest BCUT2D eigenvalue weighted by Gasteiger charge is -2.36. The van der Waals surface area contributed by atoms with E-state index >= 15 is 0 Å². The quantitative estimate of drug-likeness (QED) is 0.657. The Bertz CT molecular complexity index is 1030. The SMILES string of the molecule is COc1ccc(C(C#N)N2CCN(C(=O)c3cnn(-c4ccccc4)c3)CC2)cc1. The molecule has 1 unspecified atom stereocenters. The minimum absolute atomic E-state index is 0.0326. The molecule has 1 aliphatic heterocycles. The van der Waals surface area contributed by atoms with Crippen LogP contribution in [0.1, 0.15) is 22.0 Å². The first-order valence-electron chi connectivity index (χ1n) is 9.86. The van der Waals surface area contributed by atoms with Crippen molar-refractivity contribution in [2.75, 3.05) is 33.3 Å². The monoisotopic (exact) mass is 401 g/mol. The number of ether oxygens (including phenoxy) is 1. The van der Waals surface area contributed by atoms with Crippen molar-refractivity contribution in [3.63, 3.8) is 0 Å². The van der Waals surface area contributed by atoms with Crippen LogP contribution in [0.4, 0.5) is 0 Å². The third-order valence-corrected chi connectivity index (χ3v) is 5.37. The Hall–Kier alpha value is -3.63. The Morgan fingerprint density at radius 2 is 1.77 bits per heavy atom. The van der Waals surface area contributed by atoms with Gasteiger partial charge in [-0.1, -0.05) is 30.3 Å². The van der Waals surface area contributed by atoms with Crippen molar-refractivity contribution in [3.05, 3.63) is 78.1 Å². The molecule has 1 aromatic heterocycles. The molecular weight excluding hydrogens is 378 g/mol. The molecule has 7 heteroatoms. The first-order valence-corrected chi connectivity index (χ1v) is 9.86. The van der Waals surface area contributed by atoms with Gasteiger partial charge in [-0.2, -0.15) is 10.4 Å². The minimum Gasteiger partial charge on any atom is -0.497 e. The van der Waals surface area contributed by atoms with Crippen LogP contribution in [-0.2, 0) is 0 Å².